The molecule has 6 nitrogen and oxygen atoms in total. The second kappa shape index (κ2) is 9.13. The fourth-order valence-electron chi connectivity index (χ4n) is 2.48. The van der Waals surface area contributed by atoms with Crippen molar-refractivity contribution in [2.45, 2.75) is 26.8 Å². The maximum atomic E-state index is 12.4. The normalized spacial score (nSPS) is 10.8. The number of carbonyl (C=O) groups excluding carboxylic acids is 1. The summed E-state index contributed by atoms with van der Waals surface area (Å²) in [7, 11) is 4.09. The first-order valence-electron chi connectivity index (χ1n) is 8.52. The van der Waals surface area contributed by atoms with Gasteiger partial charge in [0.15, 0.2) is 0 Å². The van der Waals surface area contributed by atoms with Gasteiger partial charge in [0.25, 0.3) is 5.91 Å². The third-order valence-corrected chi connectivity index (χ3v) is 3.69. The summed E-state index contributed by atoms with van der Waals surface area (Å²) in [5.74, 6) is 1.08. The molecule has 0 atom stereocenters. The van der Waals surface area contributed by atoms with Crippen LogP contribution < -0.4 is 10.6 Å². The van der Waals surface area contributed by atoms with E-state index in [-0.39, 0.29) is 5.91 Å². The lowest BCUT2D eigenvalue weighted by atomic mass is 10.1. The Morgan fingerprint density at radius 1 is 1.16 bits per heavy atom. The first-order valence-corrected chi connectivity index (χ1v) is 8.52. The zero-order valence-electron chi connectivity index (χ0n) is 15.5. The van der Waals surface area contributed by atoms with Gasteiger partial charge in [0.05, 0.1) is 0 Å². The van der Waals surface area contributed by atoms with Gasteiger partial charge in [-0.3, -0.25) is 4.79 Å². The molecule has 1 heterocycles. The number of hydrogen-bond donors (Lipinski definition) is 2. The Bertz CT molecular complexity index is 715. The molecule has 2 N–H and O–H groups in total. The largest absolute Gasteiger partial charge is 0.370 e. The van der Waals surface area contributed by atoms with Gasteiger partial charge in [0.2, 0.25) is 0 Å². The second-order valence-corrected chi connectivity index (χ2v) is 6.44. The highest BCUT2D eigenvalue weighted by Gasteiger charge is 2.10. The Kier molecular flexibility index (Phi) is 6.89. The maximum Gasteiger partial charge on any atom is 0.270 e. The summed E-state index contributed by atoms with van der Waals surface area (Å²) in [4.78, 5) is 23.1. The van der Waals surface area contributed by atoms with Gasteiger partial charge < -0.3 is 15.5 Å². The van der Waals surface area contributed by atoms with Crippen LogP contribution in [0.1, 0.15) is 33.9 Å². The van der Waals surface area contributed by atoms with Crippen molar-refractivity contribution in [1.29, 1.82) is 0 Å². The van der Waals surface area contributed by atoms with Gasteiger partial charge in [0, 0.05) is 19.2 Å². The highest BCUT2D eigenvalue weighted by atomic mass is 16.1. The molecule has 1 aromatic carbocycles. The quantitative estimate of drug-likeness (QED) is 0.722. The Morgan fingerprint density at radius 2 is 1.96 bits per heavy atom. The highest BCUT2D eigenvalue weighted by molar-refractivity contribution is 5.92. The predicted octanol–water partition coefficient (Wildman–Crippen LogP) is 2.39. The van der Waals surface area contributed by atoms with Crippen molar-refractivity contribution in [3.63, 3.8) is 0 Å². The first kappa shape index (κ1) is 18.9. The van der Waals surface area contributed by atoms with E-state index < -0.39 is 0 Å². The molecule has 134 valence electrons. The molecule has 1 amide bonds. The summed E-state index contributed by atoms with van der Waals surface area (Å²) in [5.41, 5.74) is 2.63. The van der Waals surface area contributed by atoms with Crippen molar-refractivity contribution in [2.24, 2.45) is 0 Å². The van der Waals surface area contributed by atoms with Crippen LogP contribution in [-0.2, 0) is 6.54 Å². The monoisotopic (exact) mass is 341 g/mol. The summed E-state index contributed by atoms with van der Waals surface area (Å²) in [5, 5.41) is 6.18. The summed E-state index contributed by atoms with van der Waals surface area (Å²) < 4.78 is 0. The molecular formula is C19H27N5O. The van der Waals surface area contributed by atoms with E-state index >= 15 is 0 Å². The van der Waals surface area contributed by atoms with E-state index in [0.29, 0.717) is 23.9 Å². The SMILES string of the molecule is Cc1cccc(CNC(=O)c2cc(NCCCN(C)C)nc(C)n2)c1. The van der Waals surface area contributed by atoms with Crippen LogP contribution >= 0.6 is 0 Å². The van der Waals surface area contributed by atoms with E-state index in [1.165, 1.54) is 5.56 Å². The van der Waals surface area contributed by atoms with Gasteiger partial charge in [-0.15, -0.1) is 0 Å². The molecule has 0 bridgehead atoms. The lowest BCUT2D eigenvalue weighted by Crippen LogP contribution is -2.24. The Labute approximate surface area is 149 Å². The van der Waals surface area contributed by atoms with Crippen LogP contribution in [0.25, 0.3) is 0 Å². The van der Waals surface area contributed by atoms with Crippen molar-refractivity contribution >= 4 is 11.7 Å². The second-order valence-electron chi connectivity index (χ2n) is 6.44. The molecule has 0 saturated carbocycles. The molecule has 0 aliphatic rings. The fraction of sp³-hybridized carbons (Fsp3) is 0.421. The average molecular weight is 341 g/mol. The summed E-state index contributed by atoms with van der Waals surface area (Å²) in [6, 6.07) is 9.78. The Balaban J connectivity index is 1.94. The third kappa shape index (κ3) is 6.51. The van der Waals surface area contributed by atoms with Gasteiger partial charge >= 0.3 is 0 Å². The van der Waals surface area contributed by atoms with Crippen LogP contribution in [0.3, 0.4) is 0 Å². The lowest BCUT2D eigenvalue weighted by molar-refractivity contribution is 0.0945. The number of anilines is 1. The van der Waals surface area contributed by atoms with Gasteiger partial charge in [-0.25, -0.2) is 9.97 Å². The first-order chi connectivity index (χ1) is 11.9. The van der Waals surface area contributed by atoms with Crippen molar-refractivity contribution in [3.8, 4) is 0 Å². The van der Waals surface area contributed by atoms with E-state index in [1.807, 2.05) is 39.2 Å². The molecule has 1 aromatic heterocycles. The molecule has 0 unspecified atom stereocenters. The van der Waals surface area contributed by atoms with Crippen LogP contribution in [0, 0.1) is 13.8 Å². The van der Waals surface area contributed by atoms with Gasteiger partial charge in [0.1, 0.15) is 17.3 Å². The van der Waals surface area contributed by atoms with Gasteiger partial charge in [-0.05, 0) is 46.5 Å². The molecule has 2 rings (SSSR count). The molecule has 0 aliphatic heterocycles. The minimum Gasteiger partial charge on any atom is -0.370 e. The standard InChI is InChI=1S/C19H27N5O/c1-14-7-5-8-16(11-14)13-21-19(25)17-12-18(23-15(2)22-17)20-9-6-10-24(3)4/h5,7-8,11-12H,6,9-10,13H2,1-4H3,(H,21,25)(H,20,22,23). The van der Waals surface area contributed by atoms with Crippen LogP contribution in [0.4, 0.5) is 5.82 Å². The number of carbonyl (C=O) groups is 1. The molecule has 0 fully saturated rings. The van der Waals surface area contributed by atoms with Crippen molar-refractivity contribution in [2.75, 3.05) is 32.5 Å². The molecular weight excluding hydrogens is 314 g/mol. The number of benzene rings is 1. The highest BCUT2D eigenvalue weighted by Crippen LogP contribution is 2.08. The number of amides is 1. The number of nitrogens with zero attached hydrogens (tertiary/aromatic N) is 3. The molecule has 2 aromatic rings. The smallest absolute Gasteiger partial charge is 0.270 e. The van der Waals surface area contributed by atoms with E-state index in [0.717, 1.165) is 25.1 Å². The van der Waals surface area contributed by atoms with Crippen LogP contribution in [0.2, 0.25) is 0 Å². The topological polar surface area (TPSA) is 70.2 Å². The molecule has 0 radical (unpaired) electrons. The molecule has 6 heteroatoms. The van der Waals surface area contributed by atoms with Crippen LogP contribution in [0.5, 0.6) is 0 Å². The van der Waals surface area contributed by atoms with Crippen LogP contribution in [-0.4, -0.2) is 48.0 Å². The number of aromatic nitrogens is 2. The third-order valence-electron chi connectivity index (χ3n) is 3.69. The van der Waals surface area contributed by atoms with E-state index in [9.17, 15) is 4.79 Å². The van der Waals surface area contributed by atoms with E-state index in [2.05, 4.69) is 31.6 Å². The predicted molar refractivity (Wildman–Crippen MR) is 101 cm³/mol. The van der Waals surface area contributed by atoms with Crippen LogP contribution in [0.15, 0.2) is 30.3 Å². The number of nitrogens with one attached hydrogen (secondary N) is 2. The molecule has 0 spiro atoms. The van der Waals surface area contributed by atoms with Gasteiger partial charge in [-0.2, -0.15) is 0 Å². The molecule has 25 heavy (non-hydrogen) atoms. The number of rotatable bonds is 8. The molecule has 0 saturated heterocycles. The maximum absolute atomic E-state index is 12.4. The lowest BCUT2D eigenvalue weighted by Gasteiger charge is -2.11. The van der Waals surface area contributed by atoms with Crippen molar-refractivity contribution < 1.29 is 4.79 Å². The van der Waals surface area contributed by atoms with Crippen molar-refractivity contribution in [1.82, 2.24) is 20.2 Å². The Hall–Kier alpha value is -2.47. The fourth-order valence-corrected chi connectivity index (χ4v) is 2.48. The van der Waals surface area contributed by atoms with Crippen molar-refractivity contribution in [3.05, 3.63) is 53.0 Å². The summed E-state index contributed by atoms with van der Waals surface area (Å²) in [6.07, 6.45) is 1.00. The zero-order chi connectivity index (χ0) is 18.2. The summed E-state index contributed by atoms with van der Waals surface area (Å²) >= 11 is 0. The summed E-state index contributed by atoms with van der Waals surface area (Å²) in [6.45, 7) is 6.12. The zero-order valence-corrected chi connectivity index (χ0v) is 15.5. The van der Waals surface area contributed by atoms with E-state index in [4.69, 9.17) is 0 Å². The minimum atomic E-state index is -0.191. The van der Waals surface area contributed by atoms with E-state index in [1.54, 1.807) is 13.0 Å². The Morgan fingerprint density at radius 3 is 2.68 bits per heavy atom. The number of hydrogen-bond acceptors (Lipinski definition) is 5. The van der Waals surface area contributed by atoms with Gasteiger partial charge in [-0.1, -0.05) is 29.8 Å². The molecule has 0 aliphatic carbocycles. The minimum absolute atomic E-state index is 0.191. The number of aryl methyl sites for hydroxylation is 2. The average Bonchev–Trinajstić information content (AvgIpc) is 2.56.